The van der Waals surface area contributed by atoms with Crippen LogP contribution in [-0.4, -0.2) is 50.9 Å². The number of rotatable bonds is 5. The first-order valence-corrected chi connectivity index (χ1v) is 10.7. The van der Waals surface area contributed by atoms with E-state index in [-0.39, 0.29) is 36.4 Å². The number of nitrogens with zero attached hydrogens (tertiary/aromatic N) is 3. The molecule has 1 aliphatic carbocycles. The average molecular weight is 445 g/mol. The SMILES string of the molecule is COC(=O)c1ncn2c1C(=O)N(Cc1cccc(Cl)c1)C(C)(C(=O)NC1CCCC1)C2. The van der Waals surface area contributed by atoms with Crippen LogP contribution in [-0.2, 0) is 22.6 Å². The molecule has 2 amide bonds. The lowest BCUT2D eigenvalue weighted by Gasteiger charge is -2.44. The Kier molecular flexibility index (Phi) is 5.75. The molecule has 0 bridgehead atoms. The van der Waals surface area contributed by atoms with Gasteiger partial charge in [-0.15, -0.1) is 0 Å². The molecule has 1 aromatic heterocycles. The highest BCUT2D eigenvalue weighted by Crippen LogP contribution is 2.32. The lowest BCUT2D eigenvalue weighted by atomic mass is 9.93. The number of esters is 1. The van der Waals surface area contributed by atoms with Crippen LogP contribution in [0.5, 0.6) is 0 Å². The smallest absolute Gasteiger partial charge is 0.359 e. The first kappa shape index (κ1) is 21.4. The highest BCUT2D eigenvalue weighted by molar-refractivity contribution is 6.30. The standard InChI is InChI=1S/C22H25ClN4O4/c1-22(21(30)25-16-8-3-4-9-16)12-26-13-24-17(20(29)31-2)18(26)19(28)27(22)11-14-6-5-7-15(23)10-14/h5-7,10,13,16H,3-4,8-9,11-12H2,1-2H3,(H,25,30). The summed E-state index contributed by atoms with van der Waals surface area (Å²) < 4.78 is 6.35. The van der Waals surface area contributed by atoms with Crippen molar-refractivity contribution < 1.29 is 19.1 Å². The number of fused-ring (bicyclic) bond motifs is 1. The molecular weight excluding hydrogens is 420 g/mol. The van der Waals surface area contributed by atoms with Gasteiger partial charge in [-0.3, -0.25) is 9.59 Å². The number of nitrogens with one attached hydrogen (secondary N) is 1. The molecule has 0 saturated heterocycles. The van der Waals surface area contributed by atoms with E-state index in [0.717, 1.165) is 31.2 Å². The second kappa shape index (κ2) is 8.34. The minimum atomic E-state index is -1.16. The Labute approximate surface area is 185 Å². The van der Waals surface area contributed by atoms with Crippen LogP contribution in [0.15, 0.2) is 30.6 Å². The highest BCUT2D eigenvalue weighted by Gasteiger charge is 2.49. The number of hydrogen-bond acceptors (Lipinski definition) is 5. The Morgan fingerprint density at radius 3 is 2.74 bits per heavy atom. The fraction of sp³-hybridized carbons (Fsp3) is 0.455. The van der Waals surface area contributed by atoms with Gasteiger partial charge in [0.2, 0.25) is 5.91 Å². The minimum absolute atomic E-state index is 0.0538. The van der Waals surface area contributed by atoms with Crippen LogP contribution in [0.1, 0.15) is 59.1 Å². The largest absolute Gasteiger partial charge is 0.464 e. The van der Waals surface area contributed by atoms with Crippen LogP contribution in [0.2, 0.25) is 5.02 Å². The summed E-state index contributed by atoms with van der Waals surface area (Å²) in [4.78, 5) is 44.8. The Hall–Kier alpha value is -2.87. The maximum Gasteiger partial charge on any atom is 0.359 e. The number of carbonyl (C=O) groups excluding carboxylic acids is 3. The summed E-state index contributed by atoms with van der Waals surface area (Å²) in [5, 5.41) is 3.67. The van der Waals surface area contributed by atoms with Crippen LogP contribution in [0.4, 0.5) is 0 Å². The van der Waals surface area contributed by atoms with Crippen molar-refractivity contribution in [3.8, 4) is 0 Å². The Morgan fingerprint density at radius 2 is 2.06 bits per heavy atom. The molecule has 1 atom stereocenters. The van der Waals surface area contributed by atoms with Gasteiger partial charge in [-0.1, -0.05) is 36.6 Å². The molecule has 1 aromatic carbocycles. The molecule has 31 heavy (non-hydrogen) atoms. The van der Waals surface area contributed by atoms with Crippen LogP contribution in [0, 0.1) is 0 Å². The topological polar surface area (TPSA) is 93.5 Å². The predicted molar refractivity (Wildman–Crippen MR) is 114 cm³/mol. The summed E-state index contributed by atoms with van der Waals surface area (Å²) >= 11 is 6.14. The van der Waals surface area contributed by atoms with E-state index in [2.05, 4.69) is 10.3 Å². The van der Waals surface area contributed by atoms with Crippen LogP contribution < -0.4 is 5.32 Å². The molecule has 1 unspecified atom stereocenters. The van der Waals surface area contributed by atoms with Crippen LogP contribution in [0.3, 0.4) is 0 Å². The van der Waals surface area contributed by atoms with E-state index in [0.29, 0.717) is 5.02 Å². The van der Waals surface area contributed by atoms with Crippen molar-refractivity contribution in [1.82, 2.24) is 19.8 Å². The fourth-order valence-electron chi connectivity index (χ4n) is 4.41. The summed E-state index contributed by atoms with van der Waals surface area (Å²) in [6.45, 7) is 2.09. The first-order valence-electron chi connectivity index (χ1n) is 10.3. The maximum atomic E-state index is 13.6. The Balaban J connectivity index is 1.73. The molecule has 1 fully saturated rings. The van der Waals surface area contributed by atoms with E-state index in [1.54, 1.807) is 29.7 Å². The molecule has 8 nitrogen and oxygen atoms in total. The quantitative estimate of drug-likeness (QED) is 0.716. The molecular formula is C22H25ClN4O4. The van der Waals surface area contributed by atoms with Gasteiger partial charge < -0.3 is 19.5 Å². The highest BCUT2D eigenvalue weighted by atomic mass is 35.5. The van der Waals surface area contributed by atoms with Crippen molar-refractivity contribution in [1.29, 1.82) is 0 Å². The zero-order chi connectivity index (χ0) is 22.2. The average Bonchev–Trinajstić information content (AvgIpc) is 3.40. The lowest BCUT2D eigenvalue weighted by molar-refractivity contribution is -0.134. The molecule has 2 aromatic rings. The van der Waals surface area contributed by atoms with Gasteiger partial charge in [0.1, 0.15) is 11.2 Å². The van der Waals surface area contributed by atoms with Crippen molar-refractivity contribution in [3.63, 3.8) is 0 Å². The molecule has 9 heteroatoms. The van der Waals surface area contributed by atoms with E-state index < -0.39 is 17.4 Å². The van der Waals surface area contributed by atoms with E-state index >= 15 is 0 Å². The van der Waals surface area contributed by atoms with Gasteiger partial charge in [0.15, 0.2) is 5.69 Å². The van der Waals surface area contributed by atoms with Crippen molar-refractivity contribution in [3.05, 3.63) is 52.6 Å². The zero-order valence-electron chi connectivity index (χ0n) is 17.6. The Morgan fingerprint density at radius 1 is 1.32 bits per heavy atom. The number of aromatic nitrogens is 2. The number of methoxy groups -OCH3 is 1. The van der Waals surface area contributed by atoms with Crippen molar-refractivity contribution in [2.45, 2.75) is 57.3 Å². The summed E-state index contributed by atoms with van der Waals surface area (Å²) in [5.41, 5.74) is -0.307. The molecule has 1 aliphatic heterocycles. The monoisotopic (exact) mass is 444 g/mol. The molecule has 2 heterocycles. The lowest BCUT2D eigenvalue weighted by Crippen LogP contribution is -2.64. The molecule has 0 spiro atoms. The van der Waals surface area contributed by atoms with Gasteiger partial charge in [0.05, 0.1) is 20.0 Å². The van der Waals surface area contributed by atoms with Gasteiger partial charge in [-0.25, -0.2) is 9.78 Å². The summed E-state index contributed by atoms with van der Waals surface area (Å²) in [6.07, 6.45) is 5.46. The van der Waals surface area contributed by atoms with Crippen LogP contribution >= 0.6 is 11.6 Å². The molecule has 2 aliphatic rings. The molecule has 164 valence electrons. The number of benzene rings is 1. The third-order valence-electron chi connectivity index (χ3n) is 6.15. The van der Waals surface area contributed by atoms with Gasteiger partial charge >= 0.3 is 5.97 Å². The normalized spacial score (nSPS) is 21.1. The van der Waals surface area contributed by atoms with E-state index in [4.69, 9.17) is 16.3 Å². The van der Waals surface area contributed by atoms with Gasteiger partial charge in [-0.2, -0.15) is 0 Å². The number of halogens is 1. The van der Waals surface area contributed by atoms with E-state index in [1.807, 2.05) is 6.07 Å². The molecule has 4 rings (SSSR count). The van der Waals surface area contributed by atoms with Gasteiger partial charge in [0, 0.05) is 17.6 Å². The zero-order valence-corrected chi connectivity index (χ0v) is 18.3. The predicted octanol–water partition coefficient (Wildman–Crippen LogP) is 2.80. The van der Waals surface area contributed by atoms with E-state index in [1.165, 1.54) is 18.3 Å². The fourth-order valence-corrected chi connectivity index (χ4v) is 4.62. The second-order valence-electron chi connectivity index (χ2n) is 8.31. The maximum absolute atomic E-state index is 13.6. The van der Waals surface area contributed by atoms with Crippen molar-refractivity contribution in [2.24, 2.45) is 0 Å². The van der Waals surface area contributed by atoms with Crippen molar-refractivity contribution in [2.75, 3.05) is 7.11 Å². The minimum Gasteiger partial charge on any atom is -0.464 e. The molecule has 1 N–H and O–H groups in total. The first-order chi connectivity index (χ1) is 14.8. The number of imidazole rings is 1. The number of ether oxygens (including phenoxy) is 1. The van der Waals surface area contributed by atoms with E-state index in [9.17, 15) is 14.4 Å². The summed E-state index contributed by atoms with van der Waals surface area (Å²) in [5.74, 6) is -1.36. The molecule has 1 saturated carbocycles. The van der Waals surface area contributed by atoms with Gasteiger partial charge in [-0.05, 0) is 37.5 Å². The van der Waals surface area contributed by atoms with Crippen molar-refractivity contribution >= 4 is 29.4 Å². The third-order valence-corrected chi connectivity index (χ3v) is 6.38. The second-order valence-corrected chi connectivity index (χ2v) is 8.75. The number of carbonyl (C=O) groups is 3. The number of amides is 2. The Bertz CT molecular complexity index is 1030. The summed E-state index contributed by atoms with van der Waals surface area (Å²) in [7, 11) is 1.24. The summed E-state index contributed by atoms with van der Waals surface area (Å²) in [6, 6.07) is 7.27. The number of hydrogen-bond donors (Lipinski definition) is 1. The van der Waals surface area contributed by atoms with Crippen LogP contribution in [0.25, 0.3) is 0 Å². The molecule has 0 radical (unpaired) electrons. The third kappa shape index (κ3) is 3.92. The van der Waals surface area contributed by atoms with Gasteiger partial charge in [0.25, 0.3) is 5.91 Å².